The van der Waals surface area contributed by atoms with Crippen LogP contribution in [0.5, 0.6) is 5.75 Å². The molecule has 24 heavy (non-hydrogen) atoms. The van der Waals surface area contributed by atoms with E-state index in [9.17, 15) is 13.2 Å². The van der Waals surface area contributed by atoms with Gasteiger partial charge < -0.3 is 10.1 Å². The number of rotatable bonds is 6. The lowest BCUT2D eigenvalue weighted by molar-refractivity contribution is -0.114. The van der Waals surface area contributed by atoms with E-state index in [0.29, 0.717) is 28.8 Å². The minimum atomic E-state index is -3.78. The van der Waals surface area contributed by atoms with Gasteiger partial charge in [0.1, 0.15) is 5.75 Å². The monoisotopic (exact) mass is 368 g/mol. The first-order valence-corrected chi connectivity index (χ1v) is 9.01. The highest BCUT2D eigenvalue weighted by Gasteiger charge is 2.16. The Morgan fingerprint density at radius 3 is 2.33 bits per heavy atom. The molecule has 0 atom stereocenters. The van der Waals surface area contributed by atoms with E-state index in [1.165, 1.54) is 25.1 Å². The molecule has 0 radical (unpaired) electrons. The van der Waals surface area contributed by atoms with Crippen LogP contribution in [0, 0.1) is 0 Å². The van der Waals surface area contributed by atoms with Gasteiger partial charge in [-0.2, -0.15) is 0 Å². The number of amides is 1. The highest BCUT2D eigenvalue weighted by Crippen LogP contribution is 2.28. The first-order chi connectivity index (χ1) is 11.3. The van der Waals surface area contributed by atoms with Gasteiger partial charge in [0.25, 0.3) is 10.0 Å². The smallest absolute Gasteiger partial charge is 0.262 e. The second-order valence-corrected chi connectivity index (χ2v) is 6.98. The fraction of sp³-hybridized carbons (Fsp3) is 0.188. The largest absolute Gasteiger partial charge is 0.492 e. The maximum absolute atomic E-state index is 12.5. The van der Waals surface area contributed by atoms with E-state index in [0.717, 1.165) is 0 Å². The first kappa shape index (κ1) is 18.1. The lowest BCUT2D eigenvalue weighted by Gasteiger charge is -2.11. The molecule has 6 nitrogen and oxygen atoms in total. The van der Waals surface area contributed by atoms with Crippen molar-refractivity contribution in [1.82, 2.24) is 0 Å². The second-order valence-electron chi connectivity index (χ2n) is 4.89. The van der Waals surface area contributed by atoms with Crippen molar-refractivity contribution in [3.05, 3.63) is 47.5 Å². The molecule has 128 valence electrons. The summed E-state index contributed by atoms with van der Waals surface area (Å²) < 4.78 is 32.7. The molecule has 0 aromatic heterocycles. The molecule has 0 saturated heterocycles. The third-order valence-electron chi connectivity index (χ3n) is 2.97. The van der Waals surface area contributed by atoms with E-state index in [2.05, 4.69) is 10.0 Å². The SMILES string of the molecule is CCOc1cc(S(=O)(=O)Nc2ccc(NC(C)=O)cc2)ccc1Cl. The summed E-state index contributed by atoms with van der Waals surface area (Å²) in [7, 11) is -3.78. The summed E-state index contributed by atoms with van der Waals surface area (Å²) >= 11 is 5.97. The van der Waals surface area contributed by atoms with Gasteiger partial charge in [-0.05, 0) is 43.3 Å². The maximum atomic E-state index is 12.5. The molecule has 0 aliphatic carbocycles. The molecule has 0 spiro atoms. The molecule has 2 aromatic carbocycles. The van der Waals surface area contributed by atoms with Gasteiger partial charge in [0.2, 0.25) is 5.91 Å². The van der Waals surface area contributed by atoms with Crippen LogP contribution in [0.1, 0.15) is 13.8 Å². The number of hydrogen-bond acceptors (Lipinski definition) is 4. The molecule has 0 unspecified atom stereocenters. The number of ether oxygens (including phenoxy) is 1. The molecule has 0 saturated carbocycles. The van der Waals surface area contributed by atoms with Gasteiger partial charge in [0, 0.05) is 24.4 Å². The number of hydrogen-bond donors (Lipinski definition) is 2. The van der Waals surface area contributed by atoms with Crippen LogP contribution in [-0.2, 0) is 14.8 Å². The quantitative estimate of drug-likeness (QED) is 0.817. The van der Waals surface area contributed by atoms with Crippen LogP contribution in [0.4, 0.5) is 11.4 Å². The zero-order valence-electron chi connectivity index (χ0n) is 13.2. The number of anilines is 2. The van der Waals surface area contributed by atoms with Gasteiger partial charge in [-0.1, -0.05) is 11.6 Å². The fourth-order valence-electron chi connectivity index (χ4n) is 1.96. The van der Waals surface area contributed by atoms with Crippen LogP contribution in [0.15, 0.2) is 47.4 Å². The van der Waals surface area contributed by atoms with Crippen molar-refractivity contribution in [2.75, 3.05) is 16.6 Å². The van der Waals surface area contributed by atoms with Crippen LogP contribution in [0.3, 0.4) is 0 Å². The summed E-state index contributed by atoms with van der Waals surface area (Å²) in [5.41, 5.74) is 0.951. The summed E-state index contributed by atoms with van der Waals surface area (Å²) in [5.74, 6) is 0.107. The standard InChI is InChI=1S/C16H17ClN2O4S/c1-3-23-16-10-14(8-9-15(16)17)24(21,22)19-13-6-4-12(5-7-13)18-11(2)20/h4-10,19H,3H2,1-2H3,(H,18,20). The zero-order valence-corrected chi connectivity index (χ0v) is 14.7. The Balaban J connectivity index is 2.22. The number of carbonyl (C=O) groups is 1. The third-order valence-corrected chi connectivity index (χ3v) is 4.66. The minimum Gasteiger partial charge on any atom is -0.492 e. The van der Waals surface area contributed by atoms with Gasteiger partial charge in [0.15, 0.2) is 0 Å². The second kappa shape index (κ2) is 7.55. The van der Waals surface area contributed by atoms with E-state index in [1.54, 1.807) is 31.2 Å². The average molecular weight is 369 g/mol. The Kier molecular flexibility index (Phi) is 5.69. The molecule has 0 fully saturated rings. The summed E-state index contributed by atoms with van der Waals surface area (Å²) in [6, 6.07) is 10.6. The molecule has 0 aliphatic rings. The van der Waals surface area contributed by atoms with Crippen LogP contribution in [-0.4, -0.2) is 20.9 Å². The number of sulfonamides is 1. The van der Waals surface area contributed by atoms with Crippen molar-refractivity contribution in [2.45, 2.75) is 18.7 Å². The summed E-state index contributed by atoms with van der Waals surface area (Å²) in [4.78, 5) is 11.0. The van der Waals surface area contributed by atoms with Gasteiger partial charge in [-0.15, -0.1) is 0 Å². The molecule has 2 aromatic rings. The predicted octanol–water partition coefficient (Wildman–Crippen LogP) is 3.50. The third kappa shape index (κ3) is 4.62. The Bertz CT molecular complexity index is 836. The van der Waals surface area contributed by atoms with Gasteiger partial charge in [-0.3, -0.25) is 9.52 Å². The summed E-state index contributed by atoms with van der Waals surface area (Å²) in [6.45, 7) is 3.56. The van der Waals surface area contributed by atoms with E-state index >= 15 is 0 Å². The lowest BCUT2D eigenvalue weighted by Crippen LogP contribution is -2.13. The number of benzene rings is 2. The molecule has 0 heterocycles. The normalized spacial score (nSPS) is 11.0. The van der Waals surface area contributed by atoms with Crippen molar-refractivity contribution in [3.63, 3.8) is 0 Å². The minimum absolute atomic E-state index is 0.0429. The van der Waals surface area contributed by atoms with Crippen molar-refractivity contribution < 1.29 is 17.9 Å². The summed E-state index contributed by atoms with van der Waals surface area (Å²) in [5, 5.41) is 2.95. The topological polar surface area (TPSA) is 84.5 Å². The van der Waals surface area contributed by atoms with E-state index in [4.69, 9.17) is 16.3 Å². The van der Waals surface area contributed by atoms with Crippen molar-refractivity contribution in [1.29, 1.82) is 0 Å². The van der Waals surface area contributed by atoms with Gasteiger partial charge in [0.05, 0.1) is 16.5 Å². The zero-order chi connectivity index (χ0) is 17.7. The molecule has 0 aliphatic heterocycles. The highest BCUT2D eigenvalue weighted by atomic mass is 35.5. The fourth-order valence-corrected chi connectivity index (χ4v) is 3.20. The van der Waals surface area contributed by atoms with Crippen molar-refractivity contribution in [2.24, 2.45) is 0 Å². The number of halogens is 1. The molecule has 2 rings (SSSR count). The van der Waals surface area contributed by atoms with Gasteiger partial charge in [-0.25, -0.2) is 8.42 Å². The van der Waals surface area contributed by atoms with Crippen molar-refractivity contribution in [3.8, 4) is 5.75 Å². The first-order valence-electron chi connectivity index (χ1n) is 7.14. The molecule has 0 bridgehead atoms. The molecular weight excluding hydrogens is 352 g/mol. The van der Waals surface area contributed by atoms with Crippen molar-refractivity contribution >= 4 is 38.9 Å². The Hall–Kier alpha value is -2.25. The van der Waals surface area contributed by atoms with E-state index < -0.39 is 10.0 Å². The Labute approximate surface area is 145 Å². The molecule has 2 N–H and O–H groups in total. The van der Waals surface area contributed by atoms with Crippen LogP contribution < -0.4 is 14.8 Å². The lowest BCUT2D eigenvalue weighted by atomic mass is 10.3. The predicted molar refractivity (Wildman–Crippen MR) is 94.2 cm³/mol. The highest BCUT2D eigenvalue weighted by molar-refractivity contribution is 7.92. The van der Waals surface area contributed by atoms with Crippen LogP contribution >= 0.6 is 11.6 Å². The summed E-state index contributed by atoms with van der Waals surface area (Å²) in [6.07, 6.45) is 0. The molecular formula is C16H17ClN2O4S. The van der Waals surface area contributed by atoms with E-state index in [1.807, 2.05) is 0 Å². The average Bonchev–Trinajstić information content (AvgIpc) is 2.51. The molecule has 8 heteroatoms. The Morgan fingerprint density at radius 2 is 1.75 bits per heavy atom. The van der Waals surface area contributed by atoms with E-state index in [-0.39, 0.29) is 10.8 Å². The van der Waals surface area contributed by atoms with Crippen LogP contribution in [0.25, 0.3) is 0 Å². The molecule has 1 amide bonds. The number of carbonyl (C=O) groups excluding carboxylic acids is 1. The number of nitrogens with one attached hydrogen (secondary N) is 2. The Morgan fingerprint density at radius 1 is 1.12 bits per heavy atom. The van der Waals surface area contributed by atoms with Gasteiger partial charge >= 0.3 is 0 Å². The maximum Gasteiger partial charge on any atom is 0.262 e. The van der Waals surface area contributed by atoms with Crippen LogP contribution in [0.2, 0.25) is 5.02 Å².